The molecule has 3 rings (SSSR count). The Hall–Kier alpha value is -3.35. The maximum atomic E-state index is 12.6. The van der Waals surface area contributed by atoms with Gasteiger partial charge in [-0.25, -0.2) is 9.59 Å². The summed E-state index contributed by atoms with van der Waals surface area (Å²) in [5.74, 6) is -1.76. The number of rotatable bonds is 8. The maximum absolute atomic E-state index is 12.6. The van der Waals surface area contributed by atoms with E-state index in [-0.39, 0.29) is 25.4 Å². The maximum Gasteiger partial charge on any atom is 0.408 e. The first kappa shape index (κ1) is 22.3. The van der Waals surface area contributed by atoms with E-state index in [1.807, 2.05) is 36.4 Å². The fraction of sp³-hybridized carbons (Fsp3) is 0.375. The Morgan fingerprint density at radius 1 is 1.03 bits per heavy atom. The predicted molar refractivity (Wildman–Crippen MR) is 117 cm³/mol. The molecule has 0 bridgehead atoms. The van der Waals surface area contributed by atoms with E-state index in [4.69, 9.17) is 4.74 Å². The van der Waals surface area contributed by atoms with E-state index >= 15 is 0 Å². The van der Waals surface area contributed by atoms with Gasteiger partial charge in [-0.2, -0.15) is 0 Å². The van der Waals surface area contributed by atoms with E-state index < -0.39 is 29.6 Å². The van der Waals surface area contributed by atoms with Crippen molar-refractivity contribution in [3.63, 3.8) is 0 Å². The summed E-state index contributed by atoms with van der Waals surface area (Å²) in [6.45, 7) is 5.10. The van der Waals surface area contributed by atoms with Crippen LogP contribution in [0.4, 0.5) is 4.79 Å². The van der Waals surface area contributed by atoms with Crippen molar-refractivity contribution in [1.82, 2.24) is 10.6 Å². The zero-order chi connectivity index (χ0) is 22.6. The van der Waals surface area contributed by atoms with E-state index in [0.29, 0.717) is 0 Å². The average Bonchev–Trinajstić information content (AvgIpc) is 3.09. The number of hydrogen-bond acceptors (Lipinski definition) is 4. The number of carboxylic acids is 1. The molecule has 2 amide bonds. The van der Waals surface area contributed by atoms with Crippen molar-refractivity contribution >= 4 is 18.0 Å². The van der Waals surface area contributed by atoms with Gasteiger partial charge in [0, 0.05) is 5.92 Å². The van der Waals surface area contributed by atoms with Crippen molar-refractivity contribution in [3.8, 4) is 11.1 Å². The van der Waals surface area contributed by atoms with Crippen molar-refractivity contribution in [2.45, 2.75) is 51.1 Å². The normalized spacial score (nSPS) is 15.2. The first-order valence-electron chi connectivity index (χ1n) is 10.5. The van der Waals surface area contributed by atoms with Crippen LogP contribution in [0.2, 0.25) is 0 Å². The summed E-state index contributed by atoms with van der Waals surface area (Å²) in [7, 11) is 0. The summed E-state index contributed by atoms with van der Waals surface area (Å²) in [6, 6.07) is 15.0. The van der Waals surface area contributed by atoms with Gasteiger partial charge in [0.1, 0.15) is 18.2 Å². The fourth-order valence-corrected chi connectivity index (χ4v) is 3.82. The summed E-state index contributed by atoms with van der Waals surface area (Å²) in [5, 5.41) is 14.3. The van der Waals surface area contributed by atoms with Gasteiger partial charge < -0.3 is 20.5 Å². The molecule has 0 fully saturated rings. The third kappa shape index (κ3) is 4.55. The average molecular weight is 424 g/mol. The van der Waals surface area contributed by atoms with Crippen LogP contribution in [0.25, 0.3) is 11.1 Å². The molecule has 0 aliphatic heterocycles. The van der Waals surface area contributed by atoms with Crippen LogP contribution in [-0.4, -0.2) is 41.3 Å². The van der Waals surface area contributed by atoms with Crippen LogP contribution >= 0.6 is 0 Å². The topological polar surface area (TPSA) is 105 Å². The third-order valence-electron chi connectivity index (χ3n) is 5.94. The smallest absolute Gasteiger partial charge is 0.408 e. The van der Waals surface area contributed by atoms with Crippen molar-refractivity contribution < 1.29 is 24.2 Å². The van der Waals surface area contributed by atoms with Crippen molar-refractivity contribution in [1.29, 1.82) is 0 Å². The van der Waals surface area contributed by atoms with Gasteiger partial charge in [-0.15, -0.1) is 0 Å². The van der Waals surface area contributed by atoms with E-state index in [0.717, 1.165) is 22.3 Å². The van der Waals surface area contributed by atoms with Crippen LogP contribution in [0.5, 0.6) is 0 Å². The lowest BCUT2D eigenvalue weighted by molar-refractivity contribution is -0.142. The first-order chi connectivity index (χ1) is 14.8. The van der Waals surface area contributed by atoms with Crippen molar-refractivity contribution in [2.24, 2.45) is 0 Å². The summed E-state index contributed by atoms with van der Waals surface area (Å²) >= 11 is 0. The lowest BCUT2D eigenvalue weighted by Gasteiger charge is -2.29. The number of carbonyl (C=O) groups is 3. The second kappa shape index (κ2) is 9.20. The predicted octanol–water partition coefficient (Wildman–Crippen LogP) is 3.67. The minimum Gasteiger partial charge on any atom is -0.480 e. The van der Waals surface area contributed by atoms with E-state index in [1.54, 1.807) is 20.8 Å². The lowest BCUT2D eigenvalue weighted by Crippen LogP contribution is -2.59. The lowest BCUT2D eigenvalue weighted by atomic mass is 9.97. The van der Waals surface area contributed by atoms with E-state index in [2.05, 4.69) is 22.8 Å². The quantitative estimate of drug-likeness (QED) is 0.600. The molecular formula is C24H28N2O5. The summed E-state index contributed by atoms with van der Waals surface area (Å²) in [4.78, 5) is 36.4. The highest BCUT2D eigenvalue weighted by molar-refractivity contribution is 5.92. The molecule has 3 N–H and O–H groups in total. The largest absolute Gasteiger partial charge is 0.480 e. The number of carbonyl (C=O) groups excluding carboxylic acids is 2. The highest BCUT2D eigenvalue weighted by Gasteiger charge is 2.36. The number of nitrogens with one attached hydrogen (secondary N) is 2. The molecule has 164 valence electrons. The Kier molecular flexibility index (Phi) is 6.63. The number of alkyl carbamates (subject to hydrolysis) is 1. The molecule has 2 unspecified atom stereocenters. The second-order valence-corrected chi connectivity index (χ2v) is 7.91. The Labute approximate surface area is 181 Å². The standard InChI is InChI=1S/C24H28N2O5/c1-4-20(21(27)28)25-22(29)24(3,5-2)26-23(30)31-14-19-17-12-8-6-10-15(17)16-11-7-9-13-18(16)19/h6-13,19-20H,4-5,14H2,1-3H3,(H,25,29)(H,26,30)(H,27,28). The molecule has 0 heterocycles. The molecule has 2 atom stereocenters. The molecule has 0 saturated heterocycles. The third-order valence-corrected chi connectivity index (χ3v) is 5.94. The number of amides is 2. The van der Waals surface area contributed by atoms with Crippen LogP contribution in [0.15, 0.2) is 48.5 Å². The Balaban J connectivity index is 1.68. The van der Waals surface area contributed by atoms with Gasteiger partial charge in [-0.3, -0.25) is 4.79 Å². The molecule has 1 aliphatic rings. The van der Waals surface area contributed by atoms with Gasteiger partial charge in [-0.1, -0.05) is 62.4 Å². The summed E-state index contributed by atoms with van der Waals surface area (Å²) in [6.07, 6.45) is -0.199. The molecule has 2 aromatic rings. The molecule has 7 heteroatoms. The van der Waals surface area contributed by atoms with Crippen molar-refractivity contribution in [3.05, 3.63) is 59.7 Å². The van der Waals surface area contributed by atoms with Gasteiger partial charge >= 0.3 is 12.1 Å². The van der Waals surface area contributed by atoms with Crippen LogP contribution in [0.1, 0.15) is 50.7 Å². The Morgan fingerprint density at radius 2 is 1.58 bits per heavy atom. The summed E-state index contributed by atoms with van der Waals surface area (Å²) in [5.41, 5.74) is 3.17. The van der Waals surface area contributed by atoms with Gasteiger partial charge in [0.15, 0.2) is 0 Å². The zero-order valence-electron chi connectivity index (χ0n) is 18.0. The highest BCUT2D eigenvalue weighted by Crippen LogP contribution is 2.44. The number of aliphatic carboxylic acids is 1. The van der Waals surface area contributed by atoms with Gasteiger partial charge in [0.2, 0.25) is 5.91 Å². The van der Waals surface area contributed by atoms with Gasteiger partial charge in [-0.05, 0) is 42.0 Å². The summed E-state index contributed by atoms with van der Waals surface area (Å²) < 4.78 is 5.52. The number of carboxylic acid groups (broad SMARTS) is 1. The number of ether oxygens (including phenoxy) is 1. The first-order valence-corrected chi connectivity index (χ1v) is 10.5. The SMILES string of the molecule is CCC(NC(=O)C(C)(CC)NC(=O)OCC1c2ccccc2-c2ccccc21)C(=O)O. The molecule has 0 saturated carbocycles. The van der Waals surface area contributed by atoms with E-state index in [1.165, 1.54) is 0 Å². The van der Waals surface area contributed by atoms with Crippen LogP contribution in [0, 0.1) is 0 Å². The minimum atomic E-state index is -1.29. The molecular weight excluding hydrogens is 396 g/mol. The fourth-order valence-electron chi connectivity index (χ4n) is 3.82. The molecule has 0 radical (unpaired) electrons. The number of fused-ring (bicyclic) bond motifs is 3. The molecule has 0 spiro atoms. The second-order valence-electron chi connectivity index (χ2n) is 7.91. The molecule has 31 heavy (non-hydrogen) atoms. The minimum absolute atomic E-state index is 0.0867. The Morgan fingerprint density at radius 3 is 2.06 bits per heavy atom. The number of benzene rings is 2. The monoisotopic (exact) mass is 424 g/mol. The van der Waals surface area contributed by atoms with Gasteiger partial charge in [0.25, 0.3) is 0 Å². The van der Waals surface area contributed by atoms with Gasteiger partial charge in [0.05, 0.1) is 0 Å². The van der Waals surface area contributed by atoms with Crippen LogP contribution in [0.3, 0.4) is 0 Å². The molecule has 0 aromatic heterocycles. The Bertz CT molecular complexity index is 944. The number of hydrogen-bond donors (Lipinski definition) is 3. The van der Waals surface area contributed by atoms with E-state index in [9.17, 15) is 19.5 Å². The highest BCUT2D eigenvalue weighted by atomic mass is 16.5. The molecule has 7 nitrogen and oxygen atoms in total. The van der Waals surface area contributed by atoms with Crippen LogP contribution in [-0.2, 0) is 14.3 Å². The van der Waals surface area contributed by atoms with Crippen molar-refractivity contribution in [2.75, 3.05) is 6.61 Å². The molecule has 1 aliphatic carbocycles. The zero-order valence-corrected chi connectivity index (χ0v) is 18.0. The molecule has 2 aromatic carbocycles. The van der Waals surface area contributed by atoms with Crippen LogP contribution < -0.4 is 10.6 Å².